The fourth-order valence-corrected chi connectivity index (χ4v) is 2.12. The number of carboxylic acid groups (broad SMARTS) is 1. The predicted octanol–water partition coefficient (Wildman–Crippen LogP) is 4.06. The van der Waals surface area contributed by atoms with Crippen molar-refractivity contribution in [1.29, 1.82) is 0 Å². The Morgan fingerprint density at radius 1 is 1.00 bits per heavy atom. The molecule has 0 radical (unpaired) electrons. The van der Waals surface area contributed by atoms with Crippen LogP contribution in [-0.2, 0) is 0 Å². The smallest absolute Gasteiger partial charge is 0.335 e. The summed E-state index contributed by atoms with van der Waals surface area (Å²) in [6, 6.07) is 14.1. The van der Waals surface area contributed by atoms with Crippen LogP contribution in [0.25, 0.3) is 0 Å². The van der Waals surface area contributed by atoms with Crippen molar-refractivity contribution in [3.05, 3.63) is 70.2 Å². The van der Waals surface area contributed by atoms with E-state index in [4.69, 9.17) is 16.7 Å². The molecule has 0 aromatic heterocycles. The number of carbonyl (C=O) groups is 1. The Kier molecular flexibility index (Phi) is 3.94. The lowest BCUT2D eigenvalue weighted by Crippen LogP contribution is -1.98. The number of carboxylic acids is 1. The van der Waals surface area contributed by atoms with Crippen LogP contribution < -0.4 is 0 Å². The fourth-order valence-electron chi connectivity index (χ4n) is 1.65. The molecule has 0 aliphatic carbocycles. The lowest BCUT2D eigenvalue weighted by molar-refractivity contribution is 0.0697. The van der Waals surface area contributed by atoms with Crippen LogP contribution in [0, 0.1) is 0 Å². The Morgan fingerprint density at radius 3 is 1.89 bits per heavy atom. The third-order valence-corrected chi connectivity index (χ3v) is 3.51. The molecule has 1 N–H and O–H groups in total. The second-order valence-corrected chi connectivity index (χ2v) is 4.83. The molecule has 0 aliphatic rings. The lowest BCUT2D eigenvalue weighted by atomic mass is 10.0. The molecule has 2 aromatic rings. The number of hydrogen-bond acceptors (Lipinski definition) is 2. The molecule has 2 nitrogen and oxygen atoms in total. The summed E-state index contributed by atoms with van der Waals surface area (Å²) in [5.41, 5.74) is 2.24. The van der Waals surface area contributed by atoms with Gasteiger partial charge in [0, 0.05) is 5.02 Å². The average Bonchev–Trinajstić information content (AvgIpc) is 2.39. The number of hydrogen-bond donors (Lipinski definition) is 2. The van der Waals surface area contributed by atoms with Gasteiger partial charge < -0.3 is 5.11 Å². The number of halogens is 1. The first-order valence-electron chi connectivity index (χ1n) is 5.34. The van der Waals surface area contributed by atoms with E-state index in [1.54, 1.807) is 24.3 Å². The van der Waals surface area contributed by atoms with Crippen molar-refractivity contribution < 1.29 is 9.90 Å². The van der Waals surface area contributed by atoms with Gasteiger partial charge in [0.2, 0.25) is 0 Å². The summed E-state index contributed by atoms with van der Waals surface area (Å²) >= 11 is 10.4. The van der Waals surface area contributed by atoms with Crippen LogP contribution in [0.4, 0.5) is 0 Å². The maximum Gasteiger partial charge on any atom is 0.335 e. The van der Waals surface area contributed by atoms with Crippen molar-refractivity contribution in [3.63, 3.8) is 0 Å². The van der Waals surface area contributed by atoms with Gasteiger partial charge in [-0.15, -0.1) is 0 Å². The van der Waals surface area contributed by atoms with Gasteiger partial charge in [0.05, 0.1) is 10.8 Å². The Bertz CT molecular complexity index is 549. The molecular weight excluding hydrogens is 268 g/mol. The number of rotatable bonds is 3. The van der Waals surface area contributed by atoms with Crippen LogP contribution >= 0.6 is 24.2 Å². The second-order valence-electron chi connectivity index (χ2n) is 3.88. The molecule has 0 heterocycles. The van der Waals surface area contributed by atoms with Gasteiger partial charge in [0.25, 0.3) is 0 Å². The zero-order valence-electron chi connectivity index (χ0n) is 9.38. The van der Waals surface area contributed by atoms with Crippen molar-refractivity contribution in [3.8, 4) is 0 Å². The molecule has 1 unspecified atom stereocenters. The normalized spacial score (nSPS) is 12.1. The summed E-state index contributed by atoms with van der Waals surface area (Å²) in [5.74, 6) is -0.927. The molecule has 1 atom stereocenters. The van der Waals surface area contributed by atoms with Crippen molar-refractivity contribution in [2.45, 2.75) is 5.25 Å². The zero-order valence-corrected chi connectivity index (χ0v) is 11.0. The summed E-state index contributed by atoms with van der Waals surface area (Å²) in [6.07, 6.45) is 0. The van der Waals surface area contributed by atoms with Crippen LogP contribution in [-0.4, -0.2) is 11.1 Å². The van der Waals surface area contributed by atoms with Gasteiger partial charge in [0.1, 0.15) is 0 Å². The molecule has 0 fully saturated rings. The van der Waals surface area contributed by atoms with E-state index in [1.807, 2.05) is 24.3 Å². The SMILES string of the molecule is O=C(O)c1ccc(C(S)c2ccc(Cl)cc2)cc1. The predicted molar refractivity (Wildman–Crippen MR) is 75.7 cm³/mol. The summed E-state index contributed by atoms with van der Waals surface area (Å²) in [5, 5.41) is 9.42. The zero-order chi connectivity index (χ0) is 13.1. The standard InChI is InChI=1S/C14H11ClO2S/c15-12-7-5-10(6-8-12)13(18)9-1-3-11(4-2-9)14(16)17/h1-8,13,18H,(H,16,17). The van der Waals surface area contributed by atoms with Crippen molar-refractivity contribution in [2.75, 3.05) is 0 Å². The Hall–Kier alpha value is -1.45. The van der Waals surface area contributed by atoms with Gasteiger partial charge in [0.15, 0.2) is 0 Å². The second kappa shape index (κ2) is 5.46. The highest BCUT2D eigenvalue weighted by Crippen LogP contribution is 2.29. The van der Waals surface area contributed by atoms with Crippen LogP contribution in [0.3, 0.4) is 0 Å². The van der Waals surface area contributed by atoms with E-state index in [0.29, 0.717) is 5.02 Å². The van der Waals surface area contributed by atoms with Crippen molar-refractivity contribution in [2.24, 2.45) is 0 Å². The van der Waals surface area contributed by atoms with E-state index in [9.17, 15) is 4.79 Å². The van der Waals surface area contributed by atoms with E-state index in [2.05, 4.69) is 12.6 Å². The van der Waals surface area contributed by atoms with Crippen molar-refractivity contribution >= 4 is 30.2 Å². The molecule has 2 rings (SSSR count). The van der Waals surface area contributed by atoms with Crippen molar-refractivity contribution in [1.82, 2.24) is 0 Å². The first kappa shape index (κ1) is 13.0. The third-order valence-electron chi connectivity index (χ3n) is 2.66. The summed E-state index contributed by atoms with van der Waals surface area (Å²) in [6.45, 7) is 0. The largest absolute Gasteiger partial charge is 0.478 e. The lowest BCUT2D eigenvalue weighted by Gasteiger charge is -2.11. The van der Waals surface area contributed by atoms with Gasteiger partial charge in [-0.1, -0.05) is 35.9 Å². The molecule has 2 aromatic carbocycles. The summed E-state index contributed by atoms with van der Waals surface area (Å²) in [4.78, 5) is 10.8. The molecule has 18 heavy (non-hydrogen) atoms. The highest BCUT2D eigenvalue weighted by atomic mass is 35.5. The minimum atomic E-state index is -0.927. The monoisotopic (exact) mass is 278 g/mol. The van der Waals surface area contributed by atoms with E-state index in [1.165, 1.54) is 0 Å². The molecule has 0 saturated carbocycles. The molecular formula is C14H11ClO2S. The first-order valence-corrected chi connectivity index (χ1v) is 6.24. The van der Waals surface area contributed by atoms with Gasteiger partial charge in [-0.25, -0.2) is 4.79 Å². The Labute approximate surface area is 116 Å². The quantitative estimate of drug-likeness (QED) is 0.831. The van der Waals surface area contributed by atoms with E-state index < -0.39 is 5.97 Å². The third kappa shape index (κ3) is 2.86. The van der Waals surface area contributed by atoms with E-state index >= 15 is 0 Å². The van der Waals surface area contributed by atoms with Gasteiger partial charge >= 0.3 is 5.97 Å². The number of thiol groups is 1. The molecule has 0 saturated heterocycles. The molecule has 0 aliphatic heterocycles. The summed E-state index contributed by atoms with van der Waals surface area (Å²) in [7, 11) is 0. The Balaban J connectivity index is 2.25. The van der Waals surface area contributed by atoms with E-state index in [-0.39, 0.29) is 10.8 Å². The minimum absolute atomic E-state index is 0.0925. The molecule has 0 bridgehead atoms. The van der Waals surface area contributed by atoms with E-state index in [0.717, 1.165) is 11.1 Å². The Morgan fingerprint density at radius 2 is 1.44 bits per heavy atom. The van der Waals surface area contributed by atoms with Gasteiger partial charge in [-0.2, -0.15) is 12.6 Å². The van der Waals surface area contributed by atoms with Gasteiger partial charge in [-0.3, -0.25) is 0 Å². The number of aromatic carboxylic acids is 1. The van der Waals surface area contributed by atoms with Crippen LogP contribution in [0.1, 0.15) is 26.7 Å². The molecule has 4 heteroatoms. The highest BCUT2D eigenvalue weighted by molar-refractivity contribution is 7.80. The average molecular weight is 279 g/mol. The van der Waals surface area contributed by atoms with Crippen LogP contribution in [0.5, 0.6) is 0 Å². The van der Waals surface area contributed by atoms with Gasteiger partial charge in [-0.05, 0) is 35.4 Å². The van der Waals surface area contributed by atoms with Crippen LogP contribution in [0.15, 0.2) is 48.5 Å². The number of benzene rings is 2. The molecule has 92 valence electrons. The maximum atomic E-state index is 10.8. The molecule has 0 spiro atoms. The maximum absolute atomic E-state index is 10.8. The highest BCUT2D eigenvalue weighted by Gasteiger charge is 2.10. The topological polar surface area (TPSA) is 37.3 Å². The van der Waals surface area contributed by atoms with Crippen LogP contribution in [0.2, 0.25) is 5.02 Å². The minimum Gasteiger partial charge on any atom is -0.478 e. The summed E-state index contributed by atoms with van der Waals surface area (Å²) < 4.78 is 0. The first-order chi connectivity index (χ1) is 8.58. The fraction of sp³-hybridized carbons (Fsp3) is 0.0714. The molecule has 0 amide bonds.